The number of rotatable bonds is 4. The molecule has 1 aliphatic carbocycles. The van der Waals surface area contributed by atoms with Crippen molar-refractivity contribution in [3.05, 3.63) is 29.3 Å². The summed E-state index contributed by atoms with van der Waals surface area (Å²) in [5.74, 6) is 0.000383. The fraction of sp³-hybridized carbons (Fsp3) is 0.529. The van der Waals surface area contributed by atoms with Crippen LogP contribution in [0.25, 0.3) is 0 Å². The zero-order chi connectivity index (χ0) is 15.9. The van der Waals surface area contributed by atoms with Gasteiger partial charge in [0.25, 0.3) is 0 Å². The van der Waals surface area contributed by atoms with E-state index in [2.05, 4.69) is 16.7 Å². The van der Waals surface area contributed by atoms with E-state index in [1.807, 2.05) is 26.0 Å². The minimum absolute atomic E-state index is 0.216. The van der Waals surface area contributed by atoms with Crippen molar-refractivity contribution in [1.29, 1.82) is 0 Å². The molecular formula is C17H24N2O2S. The number of hydrogen-bond donors (Lipinski definition) is 2. The van der Waals surface area contributed by atoms with E-state index in [0.717, 1.165) is 36.1 Å². The second kappa shape index (κ2) is 8.22. The maximum atomic E-state index is 11.9. The topological polar surface area (TPSA) is 58.2 Å². The first-order chi connectivity index (χ1) is 10.5. The van der Waals surface area contributed by atoms with Gasteiger partial charge in [-0.05, 0) is 38.3 Å². The predicted molar refractivity (Wildman–Crippen MR) is 90.2 cm³/mol. The lowest BCUT2D eigenvalue weighted by molar-refractivity contribution is -0.117. The molecule has 0 aliphatic heterocycles. The summed E-state index contributed by atoms with van der Waals surface area (Å²) in [6.45, 7) is 4.08. The molecule has 1 aromatic carbocycles. The summed E-state index contributed by atoms with van der Waals surface area (Å²) in [6, 6.07) is 6.00. The molecule has 0 radical (unpaired) electrons. The minimum Gasteiger partial charge on any atom is -0.335 e. The van der Waals surface area contributed by atoms with E-state index < -0.39 is 0 Å². The lowest BCUT2D eigenvalue weighted by Crippen LogP contribution is -2.45. The lowest BCUT2D eigenvalue weighted by Gasteiger charge is -2.22. The van der Waals surface area contributed by atoms with Crippen LogP contribution in [-0.2, 0) is 4.79 Å². The number of urea groups is 1. The van der Waals surface area contributed by atoms with E-state index >= 15 is 0 Å². The largest absolute Gasteiger partial charge is 0.335 e. The molecule has 1 aromatic rings. The first-order valence-corrected chi connectivity index (χ1v) is 8.83. The van der Waals surface area contributed by atoms with Crippen molar-refractivity contribution < 1.29 is 9.59 Å². The molecular weight excluding hydrogens is 296 g/mol. The predicted octanol–water partition coefficient (Wildman–Crippen LogP) is 3.55. The van der Waals surface area contributed by atoms with Crippen LogP contribution in [0, 0.1) is 13.8 Å². The Morgan fingerprint density at radius 1 is 1.18 bits per heavy atom. The Balaban J connectivity index is 1.73. The van der Waals surface area contributed by atoms with Crippen molar-refractivity contribution in [2.24, 2.45) is 0 Å². The second-order valence-corrected chi connectivity index (χ2v) is 6.93. The molecule has 0 heterocycles. The number of imide groups is 1. The number of thioether (sulfide) groups is 1. The van der Waals surface area contributed by atoms with Gasteiger partial charge in [0.1, 0.15) is 0 Å². The molecule has 5 heteroatoms. The van der Waals surface area contributed by atoms with Gasteiger partial charge in [0, 0.05) is 10.9 Å². The van der Waals surface area contributed by atoms with Crippen LogP contribution < -0.4 is 10.6 Å². The summed E-state index contributed by atoms with van der Waals surface area (Å²) in [5, 5.41) is 5.31. The van der Waals surface area contributed by atoms with Crippen molar-refractivity contribution in [2.75, 3.05) is 5.75 Å². The fourth-order valence-electron chi connectivity index (χ4n) is 2.74. The molecule has 22 heavy (non-hydrogen) atoms. The van der Waals surface area contributed by atoms with Gasteiger partial charge in [0.15, 0.2) is 0 Å². The van der Waals surface area contributed by atoms with Crippen molar-refractivity contribution in [1.82, 2.24) is 10.6 Å². The van der Waals surface area contributed by atoms with E-state index in [4.69, 9.17) is 0 Å². The molecule has 0 atom stereocenters. The molecule has 4 nitrogen and oxygen atoms in total. The number of nitrogens with one attached hydrogen (secondary N) is 2. The van der Waals surface area contributed by atoms with Gasteiger partial charge in [-0.2, -0.15) is 0 Å². The Labute approximate surface area is 136 Å². The summed E-state index contributed by atoms with van der Waals surface area (Å²) < 4.78 is 0. The summed E-state index contributed by atoms with van der Waals surface area (Å²) in [5.41, 5.74) is 2.36. The average molecular weight is 320 g/mol. The van der Waals surface area contributed by atoms with Crippen molar-refractivity contribution in [2.45, 2.75) is 56.9 Å². The standard InChI is InChI=1S/C17H24N2O2S/c1-12-8-9-15(13(2)10-12)22-11-16(20)19-17(21)18-14-6-4-3-5-7-14/h8-10,14H,3-7,11H2,1-2H3,(H2,18,19,20,21). The summed E-state index contributed by atoms with van der Waals surface area (Å²) in [4.78, 5) is 24.7. The molecule has 1 aliphatic rings. The Morgan fingerprint density at radius 2 is 1.91 bits per heavy atom. The minimum atomic E-state index is -0.363. The Hall–Kier alpha value is -1.49. The van der Waals surface area contributed by atoms with Gasteiger partial charge < -0.3 is 5.32 Å². The third-order valence-electron chi connectivity index (χ3n) is 3.88. The maximum Gasteiger partial charge on any atom is 0.321 e. The van der Waals surface area contributed by atoms with Crippen LogP contribution in [0.1, 0.15) is 43.2 Å². The van der Waals surface area contributed by atoms with Crippen molar-refractivity contribution in [3.8, 4) is 0 Å². The van der Waals surface area contributed by atoms with Gasteiger partial charge in [-0.15, -0.1) is 11.8 Å². The summed E-state index contributed by atoms with van der Waals surface area (Å²) >= 11 is 1.46. The quantitative estimate of drug-likeness (QED) is 0.834. The molecule has 1 fully saturated rings. The zero-order valence-electron chi connectivity index (χ0n) is 13.3. The van der Waals surface area contributed by atoms with E-state index in [0.29, 0.717) is 0 Å². The Bertz CT molecular complexity index is 539. The van der Waals surface area contributed by atoms with E-state index in [1.165, 1.54) is 23.7 Å². The highest BCUT2D eigenvalue weighted by molar-refractivity contribution is 8.00. The molecule has 0 bridgehead atoms. The van der Waals surface area contributed by atoms with Crippen LogP contribution in [0.15, 0.2) is 23.1 Å². The zero-order valence-corrected chi connectivity index (χ0v) is 14.1. The van der Waals surface area contributed by atoms with E-state index in [1.54, 1.807) is 0 Å². The first-order valence-electron chi connectivity index (χ1n) is 7.85. The monoisotopic (exact) mass is 320 g/mol. The highest BCUT2D eigenvalue weighted by Gasteiger charge is 2.17. The molecule has 0 unspecified atom stereocenters. The lowest BCUT2D eigenvalue weighted by atomic mass is 9.96. The molecule has 1 saturated carbocycles. The van der Waals surface area contributed by atoms with Crippen molar-refractivity contribution in [3.63, 3.8) is 0 Å². The number of amides is 3. The van der Waals surface area contributed by atoms with Gasteiger partial charge in [0.2, 0.25) is 5.91 Å². The molecule has 120 valence electrons. The van der Waals surface area contributed by atoms with Crippen LogP contribution >= 0.6 is 11.8 Å². The molecule has 3 amide bonds. The normalized spacial score (nSPS) is 15.4. The van der Waals surface area contributed by atoms with Gasteiger partial charge >= 0.3 is 6.03 Å². The van der Waals surface area contributed by atoms with Crippen LogP contribution in [0.4, 0.5) is 4.79 Å². The Morgan fingerprint density at radius 3 is 2.59 bits per heavy atom. The SMILES string of the molecule is Cc1ccc(SCC(=O)NC(=O)NC2CCCCC2)c(C)c1. The number of hydrogen-bond acceptors (Lipinski definition) is 3. The van der Waals surface area contributed by atoms with Crippen LogP contribution in [0.3, 0.4) is 0 Å². The molecule has 0 spiro atoms. The van der Waals surface area contributed by atoms with Gasteiger partial charge in [-0.3, -0.25) is 10.1 Å². The first kappa shape index (κ1) is 16.9. The molecule has 2 rings (SSSR count). The van der Waals surface area contributed by atoms with E-state index in [-0.39, 0.29) is 23.7 Å². The maximum absolute atomic E-state index is 11.9. The number of carbonyl (C=O) groups is 2. The van der Waals surface area contributed by atoms with Crippen LogP contribution in [-0.4, -0.2) is 23.7 Å². The average Bonchev–Trinajstić information content (AvgIpc) is 2.47. The second-order valence-electron chi connectivity index (χ2n) is 5.91. The van der Waals surface area contributed by atoms with Gasteiger partial charge in [-0.25, -0.2) is 4.79 Å². The summed E-state index contributed by atoms with van der Waals surface area (Å²) in [7, 11) is 0. The molecule has 2 N–H and O–H groups in total. The number of aryl methyl sites for hydroxylation is 2. The molecule has 0 aromatic heterocycles. The smallest absolute Gasteiger partial charge is 0.321 e. The number of benzene rings is 1. The van der Waals surface area contributed by atoms with Gasteiger partial charge in [-0.1, -0.05) is 37.0 Å². The van der Waals surface area contributed by atoms with Crippen LogP contribution in [0.5, 0.6) is 0 Å². The fourth-order valence-corrected chi connectivity index (χ4v) is 3.55. The molecule has 0 saturated heterocycles. The van der Waals surface area contributed by atoms with Gasteiger partial charge in [0.05, 0.1) is 5.75 Å². The van der Waals surface area contributed by atoms with E-state index in [9.17, 15) is 9.59 Å². The van der Waals surface area contributed by atoms with Crippen molar-refractivity contribution >= 4 is 23.7 Å². The third-order valence-corrected chi connectivity index (χ3v) is 5.06. The summed E-state index contributed by atoms with van der Waals surface area (Å²) in [6.07, 6.45) is 5.58. The highest BCUT2D eigenvalue weighted by atomic mass is 32.2. The highest BCUT2D eigenvalue weighted by Crippen LogP contribution is 2.22. The van der Waals surface area contributed by atoms with Crippen LogP contribution in [0.2, 0.25) is 0 Å². The Kier molecular flexibility index (Phi) is 6.31. The number of carbonyl (C=O) groups excluding carboxylic acids is 2. The third kappa shape index (κ3) is 5.37.